The van der Waals surface area contributed by atoms with Crippen LogP contribution in [-0.4, -0.2) is 25.0 Å². The van der Waals surface area contributed by atoms with E-state index in [1.54, 1.807) is 4.90 Å². The number of anilines is 1. The summed E-state index contributed by atoms with van der Waals surface area (Å²) in [5.41, 5.74) is 3.03. The molecule has 1 saturated heterocycles. The normalized spacial score (nSPS) is 16.1. The molecule has 0 unspecified atom stereocenters. The molecule has 2 rings (SSSR count). The number of esters is 2. The van der Waals surface area contributed by atoms with Crippen LogP contribution < -0.4 is 4.90 Å². The first kappa shape index (κ1) is 12.1. The summed E-state index contributed by atoms with van der Waals surface area (Å²) in [5, 5.41) is 0. The smallest absolute Gasteiger partial charge is 0.333 e. The van der Waals surface area contributed by atoms with Crippen molar-refractivity contribution < 1.29 is 14.3 Å². The Bertz CT molecular complexity index is 460. The summed E-state index contributed by atoms with van der Waals surface area (Å²) in [5.74, 6) is -1.01. The number of aryl methyl sites for hydroxylation is 2. The van der Waals surface area contributed by atoms with Crippen LogP contribution in [0.4, 0.5) is 5.69 Å². The standard InChI is InChI=1S/C12H12BrNO3/c1-7-3-8(2)12(9(13)4-7)14-5-10(15)17-11(16)6-14/h3-4H,5-6H2,1-2H3. The molecular formula is C12H12BrNO3. The van der Waals surface area contributed by atoms with Crippen LogP contribution in [0.2, 0.25) is 0 Å². The lowest BCUT2D eigenvalue weighted by atomic mass is 10.1. The van der Waals surface area contributed by atoms with Crippen molar-refractivity contribution in [2.24, 2.45) is 0 Å². The molecule has 1 aliphatic heterocycles. The van der Waals surface area contributed by atoms with Gasteiger partial charge in [-0.25, -0.2) is 9.59 Å². The summed E-state index contributed by atoms with van der Waals surface area (Å²) in [4.78, 5) is 24.2. The minimum absolute atomic E-state index is 0.105. The predicted molar refractivity (Wildman–Crippen MR) is 66.9 cm³/mol. The van der Waals surface area contributed by atoms with Crippen molar-refractivity contribution in [3.8, 4) is 0 Å². The first-order valence-electron chi connectivity index (χ1n) is 5.22. The van der Waals surface area contributed by atoms with E-state index in [9.17, 15) is 9.59 Å². The molecular weight excluding hydrogens is 286 g/mol. The van der Waals surface area contributed by atoms with Crippen LogP contribution in [-0.2, 0) is 14.3 Å². The molecule has 1 fully saturated rings. The van der Waals surface area contributed by atoms with Gasteiger partial charge in [0, 0.05) is 4.47 Å². The van der Waals surface area contributed by atoms with Crippen molar-refractivity contribution in [2.45, 2.75) is 13.8 Å². The molecule has 0 aromatic heterocycles. The molecule has 0 amide bonds. The van der Waals surface area contributed by atoms with E-state index in [0.717, 1.165) is 21.3 Å². The third-order valence-corrected chi connectivity index (χ3v) is 3.19. The lowest BCUT2D eigenvalue weighted by Crippen LogP contribution is -2.43. The van der Waals surface area contributed by atoms with Crippen LogP contribution in [0, 0.1) is 13.8 Å². The zero-order valence-corrected chi connectivity index (χ0v) is 11.2. The number of rotatable bonds is 1. The molecule has 17 heavy (non-hydrogen) atoms. The number of carbonyl (C=O) groups excluding carboxylic acids is 2. The number of hydrogen-bond donors (Lipinski definition) is 0. The number of halogens is 1. The first-order valence-corrected chi connectivity index (χ1v) is 6.02. The van der Waals surface area contributed by atoms with Gasteiger partial charge in [-0.05, 0) is 47.0 Å². The van der Waals surface area contributed by atoms with E-state index >= 15 is 0 Å². The Labute approximate surface area is 108 Å². The Morgan fingerprint density at radius 3 is 2.29 bits per heavy atom. The van der Waals surface area contributed by atoms with Crippen LogP contribution >= 0.6 is 15.9 Å². The number of benzene rings is 1. The molecule has 0 radical (unpaired) electrons. The molecule has 1 aliphatic rings. The van der Waals surface area contributed by atoms with Crippen molar-refractivity contribution in [3.63, 3.8) is 0 Å². The van der Waals surface area contributed by atoms with E-state index in [0.29, 0.717) is 0 Å². The van der Waals surface area contributed by atoms with Gasteiger partial charge in [-0.2, -0.15) is 0 Å². The van der Waals surface area contributed by atoms with E-state index in [1.165, 1.54) is 0 Å². The molecule has 0 N–H and O–H groups in total. The lowest BCUT2D eigenvalue weighted by molar-refractivity contribution is -0.160. The van der Waals surface area contributed by atoms with Crippen molar-refractivity contribution in [1.82, 2.24) is 0 Å². The van der Waals surface area contributed by atoms with Crippen LogP contribution in [0.3, 0.4) is 0 Å². The molecule has 1 aromatic rings. The fourth-order valence-corrected chi connectivity index (χ4v) is 2.95. The van der Waals surface area contributed by atoms with E-state index in [1.807, 2.05) is 26.0 Å². The van der Waals surface area contributed by atoms with E-state index < -0.39 is 11.9 Å². The summed E-state index contributed by atoms with van der Waals surface area (Å²) in [7, 11) is 0. The molecule has 0 atom stereocenters. The lowest BCUT2D eigenvalue weighted by Gasteiger charge is -2.28. The second-order valence-corrected chi connectivity index (χ2v) is 4.97. The van der Waals surface area contributed by atoms with Gasteiger partial charge in [-0.15, -0.1) is 0 Å². The minimum atomic E-state index is -0.506. The highest BCUT2D eigenvalue weighted by Gasteiger charge is 2.27. The van der Waals surface area contributed by atoms with Gasteiger partial charge in [0.05, 0.1) is 5.69 Å². The predicted octanol–water partition coefficient (Wildman–Crippen LogP) is 1.96. The van der Waals surface area contributed by atoms with Gasteiger partial charge < -0.3 is 9.64 Å². The van der Waals surface area contributed by atoms with Gasteiger partial charge in [0.15, 0.2) is 0 Å². The Morgan fingerprint density at radius 2 is 1.76 bits per heavy atom. The second-order valence-electron chi connectivity index (χ2n) is 4.11. The largest absolute Gasteiger partial charge is 0.390 e. The monoisotopic (exact) mass is 297 g/mol. The van der Waals surface area contributed by atoms with E-state index in [-0.39, 0.29) is 13.1 Å². The van der Waals surface area contributed by atoms with Crippen molar-refractivity contribution in [1.29, 1.82) is 0 Å². The maximum atomic E-state index is 11.2. The van der Waals surface area contributed by atoms with Crippen LogP contribution in [0.5, 0.6) is 0 Å². The highest BCUT2D eigenvalue weighted by molar-refractivity contribution is 9.10. The molecule has 0 spiro atoms. The summed E-state index contributed by atoms with van der Waals surface area (Å²) in [6.07, 6.45) is 0. The Balaban J connectivity index is 2.40. The average molecular weight is 298 g/mol. The fraction of sp³-hybridized carbons (Fsp3) is 0.333. The highest BCUT2D eigenvalue weighted by atomic mass is 79.9. The van der Waals surface area contributed by atoms with Crippen LogP contribution in [0.25, 0.3) is 0 Å². The molecule has 5 heteroatoms. The fourth-order valence-electron chi connectivity index (χ4n) is 2.03. The number of cyclic esters (lactones) is 2. The molecule has 90 valence electrons. The highest BCUT2D eigenvalue weighted by Crippen LogP contribution is 2.31. The van der Waals surface area contributed by atoms with E-state index in [4.69, 9.17) is 0 Å². The van der Waals surface area contributed by atoms with Gasteiger partial charge >= 0.3 is 11.9 Å². The summed E-state index contributed by atoms with van der Waals surface area (Å²) < 4.78 is 5.39. The maximum absolute atomic E-state index is 11.2. The van der Waals surface area contributed by atoms with E-state index in [2.05, 4.69) is 20.7 Å². The van der Waals surface area contributed by atoms with Gasteiger partial charge in [-0.3, -0.25) is 0 Å². The SMILES string of the molecule is Cc1cc(C)c(N2CC(=O)OC(=O)C2)c(Br)c1. The number of ether oxygens (including phenoxy) is 1. The Morgan fingerprint density at radius 1 is 1.18 bits per heavy atom. The maximum Gasteiger partial charge on any atom is 0.333 e. The minimum Gasteiger partial charge on any atom is -0.390 e. The number of hydrogen-bond acceptors (Lipinski definition) is 4. The second kappa shape index (κ2) is 4.49. The summed E-state index contributed by atoms with van der Waals surface area (Å²) >= 11 is 3.47. The Hall–Kier alpha value is -1.36. The van der Waals surface area contributed by atoms with Crippen molar-refractivity contribution >= 4 is 33.6 Å². The molecule has 0 aliphatic carbocycles. The van der Waals surface area contributed by atoms with Crippen molar-refractivity contribution in [3.05, 3.63) is 27.7 Å². The topological polar surface area (TPSA) is 46.6 Å². The average Bonchev–Trinajstić information content (AvgIpc) is 2.13. The van der Waals surface area contributed by atoms with Crippen molar-refractivity contribution in [2.75, 3.05) is 18.0 Å². The zero-order valence-electron chi connectivity index (χ0n) is 9.62. The third-order valence-electron chi connectivity index (χ3n) is 2.58. The van der Waals surface area contributed by atoms with Gasteiger partial charge in [0.25, 0.3) is 0 Å². The Kier molecular flexibility index (Phi) is 3.19. The molecule has 0 saturated carbocycles. The quantitative estimate of drug-likeness (QED) is 0.587. The molecule has 4 nitrogen and oxygen atoms in total. The van der Waals surface area contributed by atoms with Crippen LogP contribution in [0.1, 0.15) is 11.1 Å². The molecule has 1 aromatic carbocycles. The number of carbonyl (C=O) groups is 2. The number of morpholine rings is 1. The molecule has 1 heterocycles. The van der Waals surface area contributed by atoms with Crippen LogP contribution in [0.15, 0.2) is 16.6 Å². The van der Waals surface area contributed by atoms with Gasteiger partial charge in [0.2, 0.25) is 0 Å². The first-order chi connectivity index (χ1) is 7.97. The summed E-state index contributed by atoms with van der Waals surface area (Å²) in [6.45, 7) is 4.16. The van der Waals surface area contributed by atoms with Gasteiger partial charge in [-0.1, -0.05) is 6.07 Å². The summed E-state index contributed by atoms with van der Waals surface area (Å²) in [6, 6.07) is 3.98. The third kappa shape index (κ3) is 2.49. The zero-order chi connectivity index (χ0) is 12.6. The molecule has 0 bridgehead atoms. The number of nitrogens with zero attached hydrogens (tertiary/aromatic N) is 1. The van der Waals surface area contributed by atoms with Gasteiger partial charge in [0.1, 0.15) is 13.1 Å².